The predicted molar refractivity (Wildman–Crippen MR) is 55.6 cm³/mol. The van der Waals surface area contributed by atoms with Crippen molar-refractivity contribution >= 4 is 11.9 Å². The molecule has 0 unspecified atom stereocenters. The summed E-state index contributed by atoms with van der Waals surface area (Å²) in [7, 11) is 1.69. The molecule has 15 heavy (non-hydrogen) atoms. The molecule has 0 aliphatic carbocycles. The molecule has 5 heteroatoms. The van der Waals surface area contributed by atoms with E-state index in [1.807, 2.05) is 20.8 Å². The van der Waals surface area contributed by atoms with Gasteiger partial charge in [0.25, 0.3) is 0 Å². The maximum absolute atomic E-state index is 11.5. The molecule has 0 radical (unpaired) electrons. The van der Waals surface area contributed by atoms with Gasteiger partial charge >= 0.3 is 5.97 Å². The van der Waals surface area contributed by atoms with Crippen molar-refractivity contribution in [3.8, 4) is 0 Å². The van der Waals surface area contributed by atoms with Gasteiger partial charge in [-0.2, -0.15) is 0 Å². The summed E-state index contributed by atoms with van der Waals surface area (Å²) in [5.41, 5.74) is -0.232. The summed E-state index contributed by atoms with van der Waals surface area (Å²) in [6.07, 6.45) is 0.828. The Bertz CT molecular complexity index is 238. The largest absolute Gasteiger partial charge is 0.480 e. The molecule has 0 aliphatic heterocycles. The van der Waals surface area contributed by atoms with Crippen LogP contribution in [0.2, 0.25) is 0 Å². The number of amides is 1. The first-order valence-corrected chi connectivity index (χ1v) is 4.87. The van der Waals surface area contributed by atoms with E-state index >= 15 is 0 Å². The minimum Gasteiger partial charge on any atom is -0.480 e. The zero-order valence-electron chi connectivity index (χ0n) is 9.74. The molecule has 0 aromatic rings. The number of nitrogens with zero attached hydrogens (tertiary/aromatic N) is 1. The van der Waals surface area contributed by atoms with E-state index < -0.39 is 12.6 Å². The topological polar surface area (TPSA) is 66.8 Å². The second-order valence-corrected chi connectivity index (χ2v) is 4.01. The summed E-state index contributed by atoms with van der Waals surface area (Å²) in [4.78, 5) is 23.3. The quantitative estimate of drug-likeness (QED) is 0.712. The van der Waals surface area contributed by atoms with Crippen LogP contribution in [0.3, 0.4) is 0 Å². The molecule has 0 aromatic carbocycles. The Kier molecular flexibility index (Phi) is 5.28. The highest BCUT2D eigenvalue weighted by atomic mass is 16.5. The number of likely N-dealkylation sites (N-methyl/N-ethyl adjacent to an activating group) is 1. The molecule has 88 valence electrons. The molecule has 0 fully saturated rings. The highest BCUT2D eigenvalue weighted by Crippen LogP contribution is 2.16. The second-order valence-electron chi connectivity index (χ2n) is 4.01. The number of carbonyl (C=O) groups excluding carboxylic acids is 1. The number of hydrogen-bond donors (Lipinski definition) is 1. The number of rotatable bonds is 6. The summed E-state index contributed by atoms with van der Waals surface area (Å²) in [6.45, 7) is 5.25. The van der Waals surface area contributed by atoms with Crippen molar-refractivity contribution < 1.29 is 19.4 Å². The first kappa shape index (κ1) is 13.9. The molecule has 1 amide bonds. The SMILES string of the molecule is CCC(C)(C)N(C)C(=O)COCC(=O)O. The highest BCUT2D eigenvalue weighted by Gasteiger charge is 2.25. The van der Waals surface area contributed by atoms with Crippen molar-refractivity contribution in [1.82, 2.24) is 4.90 Å². The number of aliphatic carboxylic acids is 1. The smallest absolute Gasteiger partial charge is 0.329 e. The van der Waals surface area contributed by atoms with Gasteiger partial charge in [-0.3, -0.25) is 4.79 Å². The molecule has 0 bridgehead atoms. The van der Waals surface area contributed by atoms with E-state index in [-0.39, 0.29) is 18.1 Å². The van der Waals surface area contributed by atoms with Crippen LogP contribution in [0.5, 0.6) is 0 Å². The van der Waals surface area contributed by atoms with Crippen molar-refractivity contribution in [2.45, 2.75) is 32.7 Å². The summed E-state index contributed by atoms with van der Waals surface area (Å²) < 4.78 is 4.73. The normalized spacial score (nSPS) is 11.2. The van der Waals surface area contributed by atoms with Gasteiger partial charge in [-0.25, -0.2) is 4.79 Å². The van der Waals surface area contributed by atoms with E-state index in [0.29, 0.717) is 0 Å². The van der Waals surface area contributed by atoms with Crippen molar-refractivity contribution in [2.75, 3.05) is 20.3 Å². The third kappa shape index (κ3) is 4.78. The first-order chi connectivity index (χ1) is 6.81. The Labute approximate surface area is 90.0 Å². The van der Waals surface area contributed by atoms with Crippen molar-refractivity contribution in [3.63, 3.8) is 0 Å². The molecule has 0 saturated carbocycles. The molecule has 1 N–H and O–H groups in total. The van der Waals surface area contributed by atoms with Crippen LogP contribution in [0.1, 0.15) is 27.2 Å². The number of carboxylic acids is 1. The Balaban J connectivity index is 4.05. The average molecular weight is 217 g/mol. The molecule has 0 rings (SSSR count). The van der Waals surface area contributed by atoms with Gasteiger partial charge in [-0.05, 0) is 20.3 Å². The highest BCUT2D eigenvalue weighted by molar-refractivity contribution is 5.78. The van der Waals surface area contributed by atoms with Crippen molar-refractivity contribution in [2.24, 2.45) is 0 Å². The molecule has 0 atom stereocenters. The first-order valence-electron chi connectivity index (χ1n) is 4.87. The van der Waals surface area contributed by atoms with Gasteiger partial charge in [-0.1, -0.05) is 6.92 Å². The molecular weight excluding hydrogens is 198 g/mol. The van der Waals surface area contributed by atoms with Crippen LogP contribution in [-0.2, 0) is 14.3 Å². The lowest BCUT2D eigenvalue weighted by atomic mass is 10.00. The molecule has 0 saturated heterocycles. The second kappa shape index (κ2) is 5.70. The molecule has 0 heterocycles. The standard InChI is InChI=1S/C10H19NO4/c1-5-10(2,3)11(4)8(12)6-15-7-9(13)14/h5-7H2,1-4H3,(H,13,14). The fourth-order valence-electron chi connectivity index (χ4n) is 0.897. The van der Waals surface area contributed by atoms with Crippen molar-refractivity contribution in [1.29, 1.82) is 0 Å². The minimum atomic E-state index is -1.07. The Hall–Kier alpha value is -1.10. The molecule has 0 aromatic heterocycles. The number of carbonyl (C=O) groups is 2. The van der Waals surface area contributed by atoms with Crippen LogP contribution in [0.25, 0.3) is 0 Å². The van der Waals surface area contributed by atoms with Gasteiger partial charge < -0.3 is 14.7 Å². The summed E-state index contributed by atoms with van der Waals surface area (Å²) in [5.74, 6) is -1.27. The van der Waals surface area contributed by atoms with E-state index in [4.69, 9.17) is 9.84 Å². The fourth-order valence-corrected chi connectivity index (χ4v) is 0.897. The third-order valence-corrected chi connectivity index (χ3v) is 2.60. The summed E-state index contributed by atoms with van der Waals surface area (Å²) >= 11 is 0. The van der Waals surface area contributed by atoms with Crippen LogP contribution in [0.15, 0.2) is 0 Å². The van der Waals surface area contributed by atoms with Crippen LogP contribution in [-0.4, -0.2) is 47.7 Å². The zero-order chi connectivity index (χ0) is 12.1. The van der Waals surface area contributed by atoms with Gasteiger partial charge in [0.2, 0.25) is 5.91 Å². The number of hydrogen-bond acceptors (Lipinski definition) is 3. The van der Waals surface area contributed by atoms with E-state index in [1.165, 1.54) is 0 Å². The monoisotopic (exact) mass is 217 g/mol. The fraction of sp³-hybridized carbons (Fsp3) is 0.800. The Morgan fingerprint density at radius 2 is 1.87 bits per heavy atom. The van der Waals surface area contributed by atoms with Crippen LogP contribution >= 0.6 is 0 Å². The lowest BCUT2D eigenvalue weighted by Crippen LogP contribution is -2.46. The average Bonchev–Trinajstić information content (AvgIpc) is 2.15. The molecule has 5 nitrogen and oxygen atoms in total. The van der Waals surface area contributed by atoms with E-state index in [2.05, 4.69) is 0 Å². The van der Waals surface area contributed by atoms with E-state index in [9.17, 15) is 9.59 Å². The lowest BCUT2D eigenvalue weighted by Gasteiger charge is -2.34. The third-order valence-electron chi connectivity index (χ3n) is 2.60. The van der Waals surface area contributed by atoms with E-state index in [1.54, 1.807) is 11.9 Å². The molecular formula is C10H19NO4. The number of ether oxygens (including phenoxy) is 1. The van der Waals surface area contributed by atoms with Gasteiger partial charge in [0.15, 0.2) is 0 Å². The van der Waals surface area contributed by atoms with Gasteiger partial charge in [-0.15, -0.1) is 0 Å². The lowest BCUT2D eigenvalue weighted by molar-refractivity contribution is -0.147. The minimum absolute atomic E-state index is 0.188. The van der Waals surface area contributed by atoms with Crippen molar-refractivity contribution in [3.05, 3.63) is 0 Å². The molecule has 0 spiro atoms. The van der Waals surface area contributed by atoms with Crippen LogP contribution in [0.4, 0.5) is 0 Å². The van der Waals surface area contributed by atoms with E-state index in [0.717, 1.165) is 6.42 Å². The van der Waals surface area contributed by atoms with Gasteiger partial charge in [0.05, 0.1) is 0 Å². The van der Waals surface area contributed by atoms with Crippen LogP contribution in [0, 0.1) is 0 Å². The van der Waals surface area contributed by atoms with Gasteiger partial charge in [0.1, 0.15) is 13.2 Å². The predicted octanol–water partition coefficient (Wildman–Crippen LogP) is 0.735. The molecule has 0 aliphatic rings. The van der Waals surface area contributed by atoms with Crippen LogP contribution < -0.4 is 0 Å². The Morgan fingerprint density at radius 3 is 2.27 bits per heavy atom. The maximum Gasteiger partial charge on any atom is 0.329 e. The number of carboxylic acid groups (broad SMARTS) is 1. The zero-order valence-corrected chi connectivity index (χ0v) is 9.74. The Morgan fingerprint density at radius 1 is 1.33 bits per heavy atom. The maximum atomic E-state index is 11.5. The van der Waals surface area contributed by atoms with Gasteiger partial charge in [0, 0.05) is 12.6 Å². The summed E-state index contributed by atoms with van der Waals surface area (Å²) in [6, 6.07) is 0. The summed E-state index contributed by atoms with van der Waals surface area (Å²) in [5, 5.41) is 8.32.